The number of imide groups is 1. The summed E-state index contributed by atoms with van der Waals surface area (Å²) < 4.78 is 5.43. The Morgan fingerprint density at radius 2 is 1.90 bits per heavy atom. The van der Waals surface area contributed by atoms with E-state index in [1.807, 2.05) is 6.92 Å². The van der Waals surface area contributed by atoms with Crippen LogP contribution in [0.1, 0.15) is 70.1 Å². The fraction of sp³-hybridized carbons (Fsp3) is 0.364. The normalized spacial score (nSPS) is 16.7. The minimum atomic E-state index is -0.391. The van der Waals surface area contributed by atoms with E-state index in [9.17, 15) is 14.4 Å². The van der Waals surface area contributed by atoms with Crippen molar-refractivity contribution in [1.82, 2.24) is 9.88 Å². The number of amides is 3. The zero-order valence-electron chi connectivity index (χ0n) is 16.3. The van der Waals surface area contributed by atoms with Crippen molar-refractivity contribution in [3.05, 3.63) is 53.2 Å². The summed E-state index contributed by atoms with van der Waals surface area (Å²) in [5, 5.41) is 2.77. The molecule has 7 nitrogen and oxygen atoms in total. The molecule has 1 N–H and O–H groups in total. The molecule has 1 fully saturated rings. The van der Waals surface area contributed by atoms with E-state index in [2.05, 4.69) is 10.3 Å². The summed E-state index contributed by atoms with van der Waals surface area (Å²) in [6.45, 7) is 2.26. The van der Waals surface area contributed by atoms with Crippen LogP contribution < -0.4 is 10.1 Å². The van der Waals surface area contributed by atoms with Crippen LogP contribution in [0.5, 0.6) is 5.88 Å². The maximum Gasteiger partial charge on any atom is 0.261 e. The van der Waals surface area contributed by atoms with Gasteiger partial charge < -0.3 is 10.1 Å². The number of pyridine rings is 1. The Morgan fingerprint density at radius 3 is 2.66 bits per heavy atom. The molecule has 2 aromatic rings. The summed E-state index contributed by atoms with van der Waals surface area (Å²) in [5.41, 5.74) is 1.42. The van der Waals surface area contributed by atoms with Gasteiger partial charge in [0.05, 0.1) is 17.7 Å². The highest BCUT2D eigenvalue weighted by Gasteiger charge is 2.40. The largest absolute Gasteiger partial charge is 0.476 e. The third-order valence-corrected chi connectivity index (χ3v) is 5.42. The van der Waals surface area contributed by atoms with Crippen molar-refractivity contribution in [3.63, 3.8) is 0 Å². The number of ether oxygens (including phenoxy) is 1. The molecule has 1 saturated carbocycles. The highest BCUT2D eigenvalue weighted by atomic mass is 16.5. The molecular formula is C22H23N3O4. The summed E-state index contributed by atoms with van der Waals surface area (Å²) in [7, 11) is 0. The van der Waals surface area contributed by atoms with Gasteiger partial charge in [-0.3, -0.25) is 19.3 Å². The molecular weight excluding hydrogens is 370 g/mol. The number of carbonyl (C=O) groups is 3. The topological polar surface area (TPSA) is 88.6 Å². The molecule has 1 aromatic carbocycles. The van der Waals surface area contributed by atoms with E-state index in [-0.39, 0.29) is 17.9 Å². The molecule has 7 heteroatoms. The molecule has 1 aromatic heterocycles. The van der Waals surface area contributed by atoms with Gasteiger partial charge in [0.2, 0.25) is 5.88 Å². The van der Waals surface area contributed by atoms with Crippen LogP contribution in [-0.4, -0.2) is 40.3 Å². The van der Waals surface area contributed by atoms with Crippen LogP contribution in [0.15, 0.2) is 36.5 Å². The fourth-order valence-electron chi connectivity index (χ4n) is 4.00. The van der Waals surface area contributed by atoms with Crippen molar-refractivity contribution >= 4 is 23.4 Å². The first-order valence-corrected chi connectivity index (χ1v) is 10.0. The standard InChI is InChI=1S/C22H23N3O4/c1-2-29-20-18(9-6-12-23-20)24-19(26)14-10-11-16-17(13-14)22(28)25(21(16)27)15-7-4-3-5-8-15/h6,9-13,15H,2-5,7-8H2,1H3,(H,24,26). The number of fused-ring (bicyclic) bond motifs is 1. The lowest BCUT2D eigenvalue weighted by molar-refractivity contribution is 0.0549. The molecule has 0 unspecified atom stereocenters. The van der Waals surface area contributed by atoms with Crippen molar-refractivity contribution in [1.29, 1.82) is 0 Å². The van der Waals surface area contributed by atoms with E-state index in [0.29, 0.717) is 34.9 Å². The van der Waals surface area contributed by atoms with Gasteiger partial charge in [-0.05, 0) is 50.1 Å². The van der Waals surface area contributed by atoms with Gasteiger partial charge in [0.1, 0.15) is 5.69 Å². The van der Waals surface area contributed by atoms with Gasteiger partial charge in [0.25, 0.3) is 17.7 Å². The number of hydrogen-bond donors (Lipinski definition) is 1. The number of hydrogen-bond acceptors (Lipinski definition) is 5. The van der Waals surface area contributed by atoms with E-state index in [1.165, 1.54) is 11.0 Å². The van der Waals surface area contributed by atoms with Crippen LogP contribution in [0.3, 0.4) is 0 Å². The average Bonchev–Trinajstić information content (AvgIpc) is 3.00. The maximum atomic E-state index is 12.9. The van der Waals surface area contributed by atoms with Crippen molar-refractivity contribution in [3.8, 4) is 5.88 Å². The summed E-state index contributed by atoms with van der Waals surface area (Å²) >= 11 is 0. The monoisotopic (exact) mass is 393 g/mol. The summed E-state index contributed by atoms with van der Waals surface area (Å²) in [4.78, 5) is 43.9. The van der Waals surface area contributed by atoms with E-state index in [0.717, 1.165) is 32.1 Å². The number of nitrogens with one attached hydrogen (secondary N) is 1. The number of carbonyl (C=O) groups excluding carboxylic acids is 3. The van der Waals surface area contributed by atoms with E-state index in [4.69, 9.17) is 4.74 Å². The molecule has 3 amide bonds. The molecule has 150 valence electrons. The predicted octanol–water partition coefficient (Wildman–Crippen LogP) is 3.66. The number of rotatable bonds is 5. The SMILES string of the molecule is CCOc1ncccc1NC(=O)c1ccc2c(c1)C(=O)N(C1CCCCC1)C2=O. The van der Waals surface area contributed by atoms with Crippen LogP contribution in [-0.2, 0) is 0 Å². The van der Waals surface area contributed by atoms with Crippen molar-refractivity contribution in [2.24, 2.45) is 0 Å². The first-order valence-electron chi connectivity index (χ1n) is 10.0. The molecule has 0 bridgehead atoms. The highest BCUT2D eigenvalue weighted by molar-refractivity contribution is 6.22. The van der Waals surface area contributed by atoms with Gasteiger partial charge in [0, 0.05) is 17.8 Å². The summed E-state index contributed by atoms with van der Waals surface area (Å²) in [6.07, 6.45) is 6.47. The molecule has 1 aliphatic heterocycles. The Bertz CT molecular complexity index is 966. The Labute approximate surface area is 169 Å². The number of nitrogens with zero attached hydrogens (tertiary/aromatic N) is 2. The van der Waals surface area contributed by atoms with Crippen molar-refractivity contribution < 1.29 is 19.1 Å². The Hall–Kier alpha value is -3.22. The lowest BCUT2D eigenvalue weighted by Crippen LogP contribution is -2.40. The van der Waals surface area contributed by atoms with Crippen LogP contribution in [0, 0.1) is 0 Å². The molecule has 2 aliphatic rings. The molecule has 0 saturated heterocycles. The van der Waals surface area contributed by atoms with Gasteiger partial charge in [-0.15, -0.1) is 0 Å². The van der Waals surface area contributed by atoms with Gasteiger partial charge in [-0.25, -0.2) is 4.98 Å². The van der Waals surface area contributed by atoms with Crippen LogP contribution in [0.25, 0.3) is 0 Å². The first kappa shape index (κ1) is 19.1. The van der Waals surface area contributed by atoms with Gasteiger partial charge in [-0.1, -0.05) is 19.3 Å². The molecule has 4 rings (SSSR count). The molecule has 2 heterocycles. The second kappa shape index (κ2) is 8.03. The third kappa shape index (κ3) is 3.60. The molecule has 0 atom stereocenters. The second-order valence-corrected chi connectivity index (χ2v) is 7.28. The molecule has 1 aliphatic carbocycles. The fourth-order valence-corrected chi connectivity index (χ4v) is 4.00. The molecule has 29 heavy (non-hydrogen) atoms. The van der Waals surface area contributed by atoms with Crippen molar-refractivity contribution in [2.45, 2.75) is 45.1 Å². The molecule has 0 spiro atoms. The zero-order chi connectivity index (χ0) is 20.4. The van der Waals surface area contributed by atoms with E-state index in [1.54, 1.807) is 30.5 Å². The van der Waals surface area contributed by atoms with Gasteiger partial charge in [0.15, 0.2) is 0 Å². The Kier molecular flexibility index (Phi) is 5.29. The Balaban J connectivity index is 1.57. The van der Waals surface area contributed by atoms with E-state index >= 15 is 0 Å². The number of benzene rings is 1. The highest BCUT2D eigenvalue weighted by Crippen LogP contribution is 2.31. The van der Waals surface area contributed by atoms with Gasteiger partial charge >= 0.3 is 0 Å². The van der Waals surface area contributed by atoms with Crippen LogP contribution >= 0.6 is 0 Å². The number of anilines is 1. The maximum absolute atomic E-state index is 12.9. The lowest BCUT2D eigenvalue weighted by atomic mass is 9.94. The third-order valence-electron chi connectivity index (χ3n) is 5.42. The van der Waals surface area contributed by atoms with Crippen LogP contribution in [0.4, 0.5) is 5.69 Å². The quantitative estimate of drug-likeness (QED) is 0.783. The van der Waals surface area contributed by atoms with Crippen molar-refractivity contribution in [2.75, 3.05) is 11.9 Å². The first-order chi connectivity index (χ1) is 14.1. The van der Waals surface area contributed by atoms with E-state index < -0.39 is 5.91 Å². The number of aromatic nitrogens is 1. The Morgan fingerprint density at radius 1 is 1.14 bits per heavy atom. The zero-order valence-corrected chi connectivity index (χ0v) is 16.3. The lowest BCUT2D eigenvalue weighted by Gasteiger charge is -2.29. The van der Waals surface area contributed by atoms with Gasteiger partial charge in [-0.2, -0.15) is 0 Å². The predicted molar refractivity (Wildman–Crippen MR) is 107 cm³/mol. The smallest absolute Gasteiger partial charge is 0.261 e. The second-order valence-electron chi connectivity index (χ2n) is 7.28. The average molecular weight is 393 g/mol. The minimum absolute atomic E-state index is 0.0439. The summed E-state index contributed by atoms with van der Waals surface area (Å²) in [6, 6.07) is 8.00. The summed E-state index contributed by atoms with van der Waals surface area (Å²) in [5.74, 6) is -0.616. The van der Waals surface area contributed by atoms with Crippen LogP contribution in [0.2, 0.25) is 0 Å². The molecule has 0 radical (unpaired) electrons. The minimum Gasteiger partial charge on any atom is -0.476 e.